The average Bonchev–Trinajstić information content (AvgIpc) is 2.70. The molecule has 0 saturated carbocycles. The van der Waals surface area contributed by atoms with Gasteiger partial charge in [-0.1, -0.05) is 37.3 Å². The van der Waals surface area contributed by atoms with Gasteiger partial charge in [0.05, 0.1) is 12.4 Å². The summed E-state index contributed by atoms with van der Waals surface area (Å²) in [5, 5.41) is 9.05. The highest BCUT2D eigenvalue weighted by atomic mass is 32.2. The van der Waals surface area contributed by atoms with E-state index in [1.54, 1.807) is 37.5 Å². The number of sulfonamides is 1. The summed E-state index contributed by atoms with van der Waals surface area (Å²) >= 11 is 0. The summed E-state index contributed by atoms with van der Waals surface area (Å²) in [4.78, 5) is 0. The Balaban J connectivity index is 2.32. The number of allylic oxidation sites excluding steroid dienone is 1. The molecule has 0 aliphatic carbocycles. The third-order valence-electron chi connectivity index (χ3n) is 4.74. The van der Waals surface area contributed by atoms with Crippen molar-refractivity contribution in [1.82, 2.24) is 4.31 Å². The van der Waals surface area contributed by atoms with Crippen LogP contribution in [0.5, 0.6) is 11.5 Å². The molecule has 0 heterocycles. The lowest BCUT2D eigenvalue weighted by molar-refractivity contribution is 0.388. The van der Waals surface area contributed by atoms with E-state index >= 15 is 0 Å². The highest BCUT2D eigenvalue weighted by Gasteiger charge is 2.30. The van der Waals surface area contributed by atoms with Crippen LogP contribution in [0.25, 0.3) is 0 Å². The monoisotopic (exact) mass is 403 g/mol. The van der Waals surface area contributed by atoms with Gasteiger partial charge in [0.2, 0.25) is 10.0 Å². The number of ether oxygens (including phenoxy) is 1. The third kappa shape index (κ3) is 5.84. The number of benzene rings is 2. The molecule has 0 fully saturated rings. The van der Waals surface area contributed by atoms with Gasteiger partial charge in [-0.15, -0.1) is 6.58 Å². The molecule has 0 amide bonds. The van der Waals surface area contributed by atoms with Crippen molar-refractivity contribution in [2.75, 3.05) is 7.11 Å². The second-order valence-electron chi connectivity index (χ2n) is 6.72. The van der Waals surface area contributed by atoms with Gasteiger partial charge in [-0.2, -0.15) is 4.31 Å². The molecule has 0 bridgehead atoms. The number of aromatic hydroxyl groups is 1. The molecule has 5 nitrogen and oxygen atoms in total. The molecule has 0 aliphatic rings. The summed E-state index contributed by atoms with van der Waals surface area (Å²) in [6, 6.07) is 14.1. The number of hydrogen-bond donors (Lipinski definition) is 1. The van der Waals surface area contributed by atoms with Crippen molar-refractivity contribution in [3.63, 3.8) is 0 Å². The lowest BCUT2D eigenvalue weighted by Gasteiger charge is -2.27. The van der Waals surface area contributed by atoms with Crippen molar-refractivity contribution in [1.29, 1.82) is 0 Å². The van der Waals surface area contributed by atoms with Crippen LogP contribution >= 0.6 is 0 Å². The Morgan fingerprint density at radius 2 is 1.61 bits per heavy atom. The van der Waals surface area contributed by atoms with Crippen molar-refractivity contribution in [3.05, 3.63) is 72.3 Å². The molecule has 6 heteroatoms. The van der Waals surface area contributed by atoms with Crippen LogP contribution in [0, 0.1) is 0 Å². The zero-order valence-corrected chi connectivity index (χ0v) is 17.4. The van der Waals surface area contributed by atoms with E-state index in [0.29, 0.717) is 19.3 Å². The van der Waals surface area contributed by atoms with Crippen LogP contribution in [0.2, 0.25) is 0 Å². The average molecular weight is 404 g/mol. The van der Waals surface area contributed by atoms with Crippen molar-refractivity contribution in [2.45, 2.75) is 44.5 Å². The molecule has 0 saturated heterocycles. The first-order chi connectivity index (χ1) is 13.4. The number of hydrogen-bond acceptors (Lipinski definition) is 4. The Kier molecular flexibility index (Phi) is 8.08. The number of phenols is 1. The van der Waals surface area contributed by atoms with Crippen molar-refractivity contribution in [3.8, 4) is 11.5 Å². The standard InChI is InChI=1S/C22H29NO4S/c1-4-6-7-22(5-2)28(25,26)23(16-18-8-12-20(24)13-9-18)17-19-10-14-21(27-3)15-11-19/h4,8-15,22,24H,1,5-7,16-17H2,2-3H3. The third-order valence-corrected chi connectivity index (χ3v) is 7.13. The molecule has 1 N–H and O–H groups in total. The predicted molar refractivity (Wildman–Crippen MR) is 113 cm³/mol. The molecule has 152 valence electrons. The number of rotatable bonds is 11. The van der Waals surface area contributed by atoms with E-state index in [2.05, 4.69) is 6.58 Å². The lowest BCUT2D eigenvalue weighted by atomic mass is 10.2. The van der Waals surface area contributed by atoms with E-state index in [4.69, 9.17) is 4.74 Å². The van der Waals surface area contributed by atoms with Gasteiger partial charge in [0.1, 0.15) is 11.5 Å². The Morgan fingerprint density at radius 3 is 2.07 bits per heavy atom. The Bertz CT molecular complexity index is 845. The second kappa shape index (κ2) is 10.3. The fourth-order valence-corrected chi connectivity index (χ4v) is 4.99. The molecule has 0 radical (unpaired) electrons. The minimum atomic E-state index is -3.52. The topological polar surface area (TPSA) is 66.8 Å². The van der Waals surface area contributed by atoms with Crippen LogP contribution in [-0.4, -0.2) is 30.2 Å². The van der Waals surface area contributed by atoms with Gasteiger partial charge in [-0.05, 0) is 54.7 Å². The molecule has 0 aliphatic heterocycles. The van der Waals surface area contributed by atoms with E-state index in [0.717, 1.165) is 16.9 Å². The second-order valence-corrected chi connectivity index (χ2v) is 8.94. The smallest absolute Gasteiger partial charge is 0.217 e. The molecule has 2 rings (SSSR count). The first-order valence-corrected chi connectivity index (χ1v) is 10.9. The highest BCUT2D eigenvalue weighted by Crippen LogP contribution is 2.24. The fraction of sp³-hybridized carbons (Fsp3) is 0.364. The van der Waals surface area contributed by atoms with Crippen LogP contribution in [-0.2, 0) is 23.1 Å². The van der Waals surface area contributed by atoms with Gasteiger partial charge in [-0.3, -0.25) is 0 Å². The van der Waals surface area contributed by atoms with Gasteiger partial charge in [0, 0.05) is 13.1 Å². The molecular formula is C22H29NO4S. The van der Waals surface area contributed by atoms with Crippen molar-refractivity contribution in [2.24, 2.45) is 0 Å². The predicted octanol–water partition coefficient (Wildman–Crippen LogP) is 4.48. The lowest BCUT2D eigenvalue weighted by Crippen LogP contribution is -2.37. The molecule has 0 aromatic heterocycles. The maximum absolute atomic E-state index is 13.4. The molecule has 2 aromatic carbocycles. The van der Waals surface area contributed by atoms with E-state index in [-0.39, 0.29) is 18.8 Å². The largest absolute Gasteiger partial charge is 0.508 e. The van der Waals surface area contributed by atoms with Crippen LogP contribution in [0.1, 0.15) is 37.3 Å². The summed E-state index contributed by atoms with van der Waals surface area (Å²) in [7, 11) is -1.92. The highest BCUT2D eigenvalue weighted by molar-refractivity contribution is 7.89. The quantitative estimate of drug-likeness (QED) is 0.562. The maximum atomic E-state index is 13.4. The fourth-order valence-electron chi connectivity index (χ4n) is 3.05. The molecular weight excluding hydrogens is 374 g/mol. The van der Waals surface area contributed by atoms with Crippen molar-refractivity contribution >= 4 is 10.0 Å². The summed E-state index contributed by atoms with van der Waals surface area (Å²) < 4.78 is 33.5. The summed E-state index contributed by atoms with van der Waals surface area (Å²) in [5.41, 5.74) is 1.72. The van der Waals surface area contributed by atoms with Gasteiger partial charge in [0.25, 0.3) is 0 Å². The van der Waals surface area contributed by atoms with Crippen LogP contribution in [0.15, 0.2) is 61.2 Å². The maximum Gasteiger partial charge on any atom is 0.217 e. The molecule has 28 heavy (non-hydrogen) atoms. The molecule has 0 spiro atoms. The first-order valence-electron chi connectivity index (χ1n) is 9.41. The Morgan fingerprint density at radius 1 is 1.07 bits per heavy atom. The summed E-state index contributed by atoms with van der Waals surface area (Å²) in [6.07, 6.45) is 3.52. The number of nitrogens with zero attached hydrogens (tertiary/aromatic N) is 1. The van der Waals surface area contributed by atoms with Gasteiger partial charge < -0.3 is 9.84 Å². The normalized spacial score (nSPS) is 12.7. The summed E-state index contributed by atoms with van der Waals surface area (Å²) in [6.45, 7) is 6.13. The zero-order valence-electron chi connectivity index (χ0n) is 16.5. The van der Waals surface area contributed by atoms with Crippen molar-refractivity contribution < 1.29 is 18.3 Å². The SMILES string of the molecule is C=CCCC(CC)S(=O)(=O)N(Cc1ccc(O)cc1)Cc1ccc(OC)cc1. The van der Waals surface area contributed by atoms with Gasteiger partial charge in [0.15, 0.2) is 0 Å². The molecule has 1 atom stereocenters. The van der Waals surface area contributed by atoms with Gasteiger partial charge in [-0.25, -0.2) is 8.42 Å². The van der Waals surface area contributed by atoms with Crippen LogP contribution in [0.4, 0.5) is 0 Å². The molecule has 2 aromatic rings. The minimum absolute atomic E-state index is 0.158. The zero-order chi connectivity index (χ0) is 20.6. The van der Waals surface area contributed by atoms with E-state index in [9.17, 15) is 13.5 Å². The van der Waals surface area contributed by atoms with Gasteiger partial charge >= 0.3 is 0 Å². The summed E-state index contributed by atoms with van der Waals surface area (Å²) in [5.74, 6) is 0.889. The number of phenolic OH excluding ortho intramolecular Hbond substituents is 1. The number of methoxy groups -OCH3 is 1. The first kappa shape index (κ1) is 22.0. The van der Waals surface area contributed by atoms with E-state index < -0.39 is 15.3 Å². The van der Waals surface area contributed by atoms with E-state index in [1.807, 2.05) is 31.2 Å². The molecule has 1 unspecified atom stereocenters. The van der Waals surface area contributed by atoms with E-state index in [1.165, 1.54) is 4.31 Å². The minimum Gasteiger partial charge on any atom is -0.508 e. The van der Waals surface area contributed by atoms with Crippen LogP contribution < -0.4 is 4.74 Å². The van der Waals surface area contributed by atoms with Crippen LogP contribution in [0.3, 0.4) is 0 Å². The Labute approximate surface area is 168 Å². The Hall–Kier alpha value is -2.31.